The molecule has 1 atom stereocenters. The third kappa shape index (κ3) is 4.60. The maximum Gasteiger partial charge on any atom is 0.308 e. The maximum atomic E-state index is 12.0. The van der Waals surface area contributed by atoms with Crippen molar-refractivity contribution in [3.63, 3.8) is 0 Å². The van der Waals surface area contributed by atoms with Gasteiger partial charge in [0.15, 0.2) is 0 Å². The van der Waals surface area contributed by atoms with Crippen LogP contribution in [0.3, 0.4) is 0 Å². The molecule has 1 unspecified atom stereocenters. The summed E-state index contributed by atoms with van der Waals surface area (Å²) in [6.45, 7) is 6.21. The number of hydrogen-bond acceptors (Lipinski definition) is 2. The molecule has 0 radical (unpaired) electrons. The number of para-hydroxylation sites is 1. The van der Waals surface area contributed by atoms with Crippen LogP contribution in [0.1, 0.15) is 37.8 Å². The highest BCUT2D eigenvalue weighted by Crippen LogP contribution is 2.22. The monoisotopic (exact) mass is 330 g/mol. The third-order valence-electron chi connectivity index (χ3n) is 4.28. The van der Waals surface area contributed by atoms with Crippen LogP contribution in [0.25, 0.3) is 10.9 Å². The molecular formula is C19H26N2O3. The van der Waals surface area contributed by atoms with Crippen molar-refractivity contribution >= 4 is 22.8 Å². The van der Waals surface area contributed by atoms with Crippen molar-refractivity contribution in [1.82, 2.24) is 10.3 Å². The van der Waals surface area contributed by atoms with E-state index < -0.39 is 11.9 Å². The minimum Gasteiger partial charge on any atom is -0.481 e. The van der Waals surface area contributed by atoms with Crippen LogP contribution < -0.4 is 5.32 Å². The summed E-state index contributed by atoms with van der Waals surface area (Å²) >= 11 is 0. The molecule has 2 aromatic rings. The average Bonchev–Trinajstić information content (AvgIpc) is 2.93. The van der Waals surface area contributed by atoms with E-state index in [1.807, 2.05) is 26.1 Å². The largest absolute Gasteiger partial charge is 0.481 e. The zero-order chi connectivity index (χ0) is 17.7. The van der Waals surface area contributed by atoms with Crippen molar-refractivity contribution in [2.75, 3.05) is 6.54 Å². The highest BCUT2D eigenvalue weighted by atomic mass is 16.4. The van der Waals surface area contributed by atoms with Gasteiger partial charge in [-0.15, -0.1) is 0 Å². The van der Waals surface area contributed by atoms with E-state index in [2.05, 4.69) is 29.4 Å². The van der Waals surface area contributed by atoms with Crippen LogP contribution in [0, 0.1) is 18.8 Å². The molecular weight excluding hydrogens is 304 g/mol. The number of aryl methyl sites for hydroxylation is 2. The van der Waals surface area contributed by atoms with E-state index in [0.717, 1.165) is 16.5 Å². The number of carboxylic acids is 1. The standard InChI is InChI=1S/C19H26N2O3/c1-12(2)9-15(19(23)24)11-20-17(22)8-7-14-10-21-18-13(3)5-4-6-16(14)18/h4-6,10,12,15,21H,7-9,11H2,1-3H3,(H,20,22)(H,23,24). The quantitative estimate of drug-likeness (QED) is 0.695. The number of carbonyl (C=O) groups is 2. The molecule has 2 rings (SSSR count). The van der Waals surface area contributed by atoms with Gasteiger partial charge in [0.25, 0.3) is 0 Å². The van der Waals surface area contributed by atoms with Gasteiger partial charge in [-0.25, -0.2) is 0 Å². The number of aliphatic carboxylic acids is 1. The van der Waals surface area contributed by atoms with Gasteiger partial charge in [0.1, 0.15) is 0 Å². The van der Waals surface area contributed by atoms with E-state index in [-0.39, 0.29) is 18.4 Å². The average molecular weight is 330 g/mol. The molecule has 1 aromatic heterocycles. The van der Waals surface area contributed by atoms with E-state index >= 15 is 0 Å². The second kappa shape index (κ2) is 7.99. The second-order valence-electron chi connectivity index (χ2n) is 6.78. The van der Waals surface area contributed by atoms with Crippen LogP contribution in [0.2, 0.25) is 0 Å². The molecule has 3 N–H and O–H groups in total. The summed E-state index contributed by atoms with van der Waals surface area (Å²) in [5.41, 5.74) is 3.40. The molecule has 0 fully saturated rings. The molecule has 0 saturated carbocycles. The Labute approximate surface area is 142 Å². The van der Waals surface area contributed by atoms with E-state index in [1.54, 1.807) is 0 Å². The van der Waals surface area contributed by atoms with Crippen LogP contribution >= 0.6 is 0 Å². The van der Waals surface area contributed by atoms with Gasteiger partial charge in [0, 0.05) is 30.1 Å². The number of carbonyl (C=O) groups excluding carboxylic acids is 1. The molecule has 1 heterocycles. The molecule has 0 bridgehead atoms. The Kier molecular flexibility index (Phi) is 6.01. The predicted octanol–water partition coefficient (Wildman–Crippen LogP) is 3.27. The van der Waals surface area contributed by atoms with Crippen molar-refractivity contribution in [2.45, 2.75) is 40.0 Å². The maximum absolute atomic E-state index is 12.0. The van der Waals surface area contributed by atoms with Crippen LogP contribution in [0.5, 0.6) is 0 Å². The lowest BCUT2D eigenvalue weighted by Gasteiger charge is -2.15. The first kappa shape index (κ1) is 18.0. The van der Waals surface area contributed by atoms with Crippen LogP contribution in [-0.4, -0.2) is 28.5 Å². The summed E-state index contributed by atoms with van der Waals surface area (Å²) < 4.78 is 0. The van der Waals surface area contributed by atoms with Gasteiger partial charge in [-0.3, -0.25) is 9.59 Å². The van der Waals surface area contributed by atoms with Crippen molar-refractivity contribution in [3.8, 4) is 0 Å². The Bertz CT molecular complexity index is 718. The van der Waals surface area contributed by atoms with Crippen LogP contribution in [-0.2, 0) is 16.0 Å². The molecule has 0 aliphatic carbocycles. The number of carboxylic acid groups (broad SMARTS) is 1. The first-order chi connectivity index (χ1) is 11.4. The SMILES string of the molecule is Cc1cccc2c(CCC(=O)NCC(CC(C)C)C(=O)O)c[nH]c12. The van der Waals surface area contributed by atoms with Crippen molar-refractivity contribution in [1.29, 1.82) is 0 Å². The van der Waals surface area contributed by atoms with Crippen LogP contribution in [0.15, 0.2) is 24.4 Å². The highest BCUT2D eigenvalue weighted by Gasteiger charge is 2.19. The number of rotatable bonds is 8. The van der Waals surface area contributed by atoms with Gasteiger partial charge in [0.2, 0.25) is 5.91 Å². The molecule has 0 spiro atoms. The van der Waals surface area contributed by atoms with Gasteiger partial charge in [-0.1, -0.05) is 32.0 Å². The van der Waals surface area contributed by atoms with E-state index in [9.17, 15) is 14.7 Å². The van der Waals surface area contributed by atoms with Gasteiger partial charge in [-0.05, 0) is 36.8 Å². The Morgan fingerprint density at radius 3 is 2.71 bits per heavy atom. The Balaban J connectivity index is 1.88. The Morgan fingerprint density at radius 2 is 2.04 bits per heavy atom. The summed E-state index contributed by atoms with van der Waals surface area (Å²) in [5, 5.41) is 13.1. The van der Waals surface area contributed by atoms with Crippen molar-refractivity contribution in [2.24, 2.45) is 11.8 Å². The predicted molar refractivity (Wildman–Crippen MR) is 94.9 cm³/mol. The summed E-state index contributed by atoms with van der Waals surface area (Å²) in [6.07, 6.45) is 3.51. The molecule has 0 aliphatic heterocycles. The first-order valence-electron chi connectivity index (χ1n) is 8.43. The number of aromatic amines is 1. The fourth-order valence-corrected chi connectivity index (χ4v) is 2.98. The molecule has 0 aliphatic rings. The molecule has 5 nitrogen and oxygen atoms in total. The zero-order valence-electron chi connectivity index (χ0n) is 14.6. The lowest BCUT2D eigenvalue weighted by molar-refractivity contribution is -0.142. The minimum atomic E-state index is -0.851. The number of fused-ring (bicyclic) bond motifs is 1. The normalized spacial score (nSPS) is 12.5. The van der Waals surface area contributed by atoms with Gasteiger partial charge < -0.3 is 15.4 Å². The number of aromatic nitrogens is 1. The Hall–Kier alpha value is -2.30. The van der Waals surface area contributed by atoms with E-state index in [4.69, 9.17) is 0 Å². The van der Waals surface area contributed by atoms with Gasteiger partial charge in [-0.2, -0.15) is 0 Å². The second-order valence-corrected chi connectivity index (χ2v) is 6.78. The summed E-state index contributed by atoms with van der Waals surface area (Å²) in [6, 6.07) is 6.11. The summed E-state index contributed by atoms with van der Waals surface area (Å²) in [4.78, 5) is 26.5. The fourth-order valence-electron chi connectivity index (χ4n) is 2.98. The third-order valence-corrected chi connectivity index (χ3v) is 4.28. The number of H-pyrrole nitrogens is 1. The topological polar surface area (TPSA) is 82.2 Å². The number of nitrogens with one attached hydrogen (secondary N) is 2. The minimum absolute atomic E-state index is 0.105. The smallest absolute Gasteiger partial charge is 0.308 e. The van der Waals surface area contributed by atoms with Crippen LogP contribution in [0.4, 0.5) is 0 Å². The lowest BCUT2D eigenvalue weighted by atomic mass is 9.97. The zero-order valence-corrected chi connectivity index (χ0v) is 14.6. The summed E-state index contributed by atoms with van der Waals surface area (Å²) in [7, 11) is 0. The molecule has 1 aromatic carbocycles. The van der Waals surface area contributed by atoms with E-state index in [1.165, 1.54) is 5.56 Å². The molecule has 130 valence electrons. The van der Waals surface area contributed by atoms with Gasteiger partial charge in [0.05, 0.1) is 5.92 Å². The molecule has 24 heavy (non-hydrogen) atoms. The number of benzene rings is 1. The van der Waals surface area contributed by atoms with Crippen molar-refractivity contribution in [3.05, 3.63) is 35.5 Å². The lowest BCUT2D eigenvalue weighted by Crippen LogP contribution is -2.33. The molecule has 5 heteroatoms. The number of hydrogen-bond donors (Lipinski definition) is 3. The Morgan fingerprint density at radius 1 is 1.29 bits per heavy atom. The molecule has 0 saturated heterocycles. The first-order valence-corrected chi connectivity index (χ1v) is 8.43. The fraction of sp³-hybridized carbons (Fsp3) is 0.474. The molecule has 1 amide bonds. The van der Waals surface area contributed by atoms with E-state index in [0.29, 0.717) is 19.3 Å². The summed E-state index contributed by atoms with van der Waals surface area (Å²) in [5.74, 6) is -1.19. The number of amides is 1. The highest BCUT2D eigenvalue weighted by molar-refractivity contribution is 5.86. The van der Waals surface area contributed by atoms with Gasteiger partial charge >= 0.3 is 5.97 Å². The van der Waals surface area contributed by atoms with Crippen molar-refractivity contribution < 1.29 is 14.7 Å².